The lowest BCUT2D eigenvalue weighted by Crippen LogP contribution is -2.27. The van der Waals surface area contributed by atoms with Crippen molar-refractivity contribution in [2.24, 2.45) is 0 Å². The number of nitriles is 2. The van der Waals surface area contributed by atoms with Crippen LogP contribution < -0.4 is 20.7 Å². The molecular weight excluding hydrogens is 354 g/mol. The monoisotopic (exact) mass is 371 g/mol. The molecule has 0 saturated heterocycles. The van der Waals surface area contributed by atoms with E-state index in [1.807, 2.05) is 0 Å². The highest BCUT2D eigenvalue weighted by molar-refractivity contribution is 6.31. The predicted octanol–water partition coefficient (Wildman–Crippen LogP) is 3.10. The molecule has 0 aliphatic heterocycles. The Kier molecular flexibility index (Phi) is 6.84. The maximum atomic E-state index is 8.85. The van der Waals surface area contributed by atoms with E-state index in [1.165, 1.54) is 6.33 Å². The van der Waals surface area contributed by atoms with Crippen LogP contribution in [0, 0.1) is 22.7 Å². The first-order valence-electron chi connectivity index (χ1n) is 7.80. The molecule has 0 radical (unpaired) electrons. The molecule has 0 bridgehead atoms. The Morgan fingerprint density at radius 2 is 1.92 bits per heavy atom. The van der Waals surface area contributed by atoms with Gasteiger partial charge in [-0.05, 0) is 18.2 Å². The molecule has 0 fully saturated rings. The van der Waals surface area contributed by atoms with E-state index >= 15 is 0 Å². The van der Waals surface area contributed by atoms with Gasteiger partial charge in [-0.3, -0.25) is 0 Å². The smallest absolute Gasteiger partial charge is 0.159 e. The lowest BCUT2D eigenvalue weighted by atomic mass is 10.2. The molecular formula is C17H18ClN7O. The van der Waals surface area contributed by atoms with Gasteiger partial charge < -0.3 is 20.7 Å². The van der Waals surface area contributed by atoms with E-state index in [9.17, 15) is 0 Å². The van der Waals surface area contributed by atoms with Crippen molar-refractivity contribution in [3.8, 4) is 17.9 Å². The fourth-order valence-corrected chi connectivity index (χ4v) is 2.51. The number of benzene rings is 1. The SMILES string of the molecule is COc1ccc(Cl)cc1Nc1ncnc(N(CCC#N)CCC#N)c1N. The Morgan fingerprint density at radius 3 is 2.54 bits per heavy atom. The Labute approximate surface area is 156 Å². The first-order chi connectivity index (χ1) is 12.6. The zero-order valence-electron chi connectivity index (χ0n) is 14.2. The zero-order valence-corrected chi connectivity index (χ0v) is 15.0. The summed E-state index contributed by atoms with van der Waals surface area (Å²) in [5, 5.41) is 21.3. The number of hydrogen-bond acceptors (Lipinski definition) is 8. The number of nitrogens with two attached hydrogens (primary N) is 1. The maximum Gasteiger partial charge on any atom is 0.159 e. The molecule has 2 aromatic rings. The van der Waals surface area contributed by atoms with Crippen molar-refractivity contribution >= 4 is 34.6 Å². The molecule has 0 aliphatic rings. The van der Waals surface area contributed by atoms with E-state index in [4.69, 9.17) is 32.6 Å². The van der Waals surface area contributed by atoms with Gasteiger partial charge in [0.15, 0.2) is 11.6 Å². The van der Waals surface area contributed by atoms with Crippen LogP contribution in [0.25, 0.3) is 0 Å². The molecule has 9 heteroatoms. The minimum Gasteiger partial charge on any atom is -0.495 e. The number of ether oxygens (including phenoxy) is 1. The third-order valence-corrected chi connectivity index (χ3v) is 3.80. The first-order valence-corrected chi connectivity index (χ1v) is 8.18. The van der Waals surface area contributed by atoms with Gasteiger partial charge in [0.1, 0.15) is 17.8 Å². The number of methoxy groups -OCH3 is 1. The summed E-state index contributed by atoms with van der Waals surface area (Å²) in [7, 11) is 1.55. The highest BCUT2D eigenvalue weighted by Gasteiger charge is 2.16. The summed E-state index contributed by atoms with van der Waals surface area (Å²) in [6.07, 6.45) is 1.95. The Bertz CT molecular complexity index is 826. The number of anilines is 4. The number of nitrogens with zero attached hydrogens (tertiary/aromatic N) is 5. The summed E-state index contributed by atoms with van der Waals surface area (Å²) in [4.78, 5) is 10.2. The zero-order chi connectivity index (χ0) is 18.9. The summed E-state index contributed by atoms with van der Waals surface area (Å²) >= 11 is 6.05. The number of nitrogen functional groups attached to an aromatic ring is 1. The van der Waals surface area contributed by atoms with Crippen LogP contribution in [0.15, 0.2) is 24.5 Å². The molecule has 0 aliphatic carbocycles. The van der Waals surface area contributed by atoms with Gasteiger partial charge in [0.2, 0.25) is 0 Å². The molecule has 0 amide bonds. The Hall–Kier alpha value is -3.23. The lowest BCUT2D eigenvalue weighted by molar-refractivity contribution is 0.417. The van der Waals surface area contributed by atoms with E-state index in [0.29, 0.717) is 59.7 Å². The quantitative estimate of drug-likeness (QED) is 0.725. The average molecular weight is 372 g/mol. The summed E-state index contributed by atoms with van der Waals surface area (Å²) < 4.78 is 5.31. The van der Waals surface area contributed by atoms with Gasteiger partial charge in [-0.1, -0.05) is 11.6 Å². The minimum atomic E-state index is 0.291. The third kappa shape index (κ3) is 4.65. The molecule has 134 valence electrons. The fourth-order valence-electron chi connectivity index (χ4n) is 2.34. The van der Waals surface area contributed by atoms with Gasteiger partial charge >= 0.3 is 0 Å². The number of rotatable bonds is 8. The van der Waals surface area contributed by atoms with Crippen LogP contribution in [-0.2, 0) is 0 Å². The molecule has 2 rings (SSSR count). The molecule has 0 unspecified atom stereocenters. The largest absolute Gasteiger partial charge is 0.495 e. The van der Waals surface area contributed by atoms with E-state index in [0.717, 1.165) is 0 Å². The van der Waals surface area contributed by atoms with Gasteiger partial charge in [-0.15, -0.1) is 0 Å². The average Bonchev–Trinajstić information content (AvgIpc) is 2.64. The van der Waals surface area contributed by atoms with Gasteiger partial charge in [0, 0.05) is 18.1 Å². The van der Waals surface area contributed by atoms with Crippen molar-refractivity contribution in [2.45, 2.75) is 12.8 Å². The highest BCUT2D eigenvalue weighted by Crippen LogP contribution is 2.34. The molecule has 26 heavy (non-hydrogen) atoms. The molecule has 0 atom stereocenters. The minimum absolute atomic E-state index is 0.291. The van der Waals surface area contributed by atoms with Gasteiger partial charge in [-0.25, -0.2) is 9.97 Å². The van der Waals surface area contributed by atoms with Gasteiger partial charge in [0.05, 0.1) is 37.8 Å². The lowest BCUT2D eigenvalue weighted by Gasteiger charge is -2.23. The van der Waals surface area contributed by atoms with E-state index in [1.54, 1.807) is 30.2 Å². The maximum absolute atomic E-state index is 8.85. The molecule has 0 saturated carbocycles. The number of halogens is 1. The van der Waals surface area contributed by atoms with Gasteiger partial charge in [0.25, 0.3) is 0 Å². The second kappa shape index (κ2) is 9.30. The van der Waals surface area contributed by atoms with Crippen LogP contribution in [0.4, 0.5) is 23.0 Å². The molecule has 1 aromatic carbocycles. The normalized spacial score (nSPS) is 9.85. The van der Waals surface area contributed by atoms with Crippen LogP contribution in [0.5, 0.6) is 5.75 Å². The molecule has 1 heterocycles. The van der Waals surface area contributed by atoms with Crippen LogP contribution in [0.3, 0.4) is 0 Å². The second-order valence-electron chi connectivity index (χ2n) is 5.23. The Morgan fingerprint density at radius 1 is 1.23 bits per heavy atom. The predicted molar refractivity (Wildman–Crippen MR) is 100 cm³/mol. The molecule has 1 aromatic heterocycles. The standard InChI is InChI=1S/C17H18ClN7O/c1-26-14-5-4-12(18)10-13(14)24-16-15(21)17(23-11-22-16)25(8-2-6-19)9-3-7-20/h4-5,10-11H,2-3,8-9,21H2,1H3,(H,22,23,24). The molecule has 3 N–H and O–H groups in total. The van der Waals surface area contributed by atoms with Crippen molar-refractivity contribution in [3.05, 3.63) is 29.5 Å². The van der Waals surface area contributed by atoms with Crippen LogP contribution in [0.1, 0.15) is 12.8 Å². The molecule has 0 spiro atoms. The van der Waals surface area contributed by atoms with Crippen LogP contribution in [0.2, 0.25) is 5.02 Å². The third-order valence-electron chi connectivity index (χ3n) is 3.56. The highest BCUT2D eigenvalue weighted by atomic mass is 35.5. The summed E-state index contributed by atoms with van der Waals surface area (Å²) in [6.45, 7) is 0.832. The number of aromatic nitrogens is 2. The van der Waals surface area contributed by atoms with Crippen molar-refractivity contribution in [2.75, 3.05) is 36.1 Å². The summed E-state index contributed by atoms with van der Waals surface area (Å²) in [5.74, 6) is 1.43. The Balaban J connectivity index is 2.35. The summed E-state index contributed by atoms with van der Waals surface area (Å²) in [6, 6.07) is 9.31. The summed E-state index contributed by atoms with van der Waals surface area (Å²) in [5.41, 5.74) is 7.16. The second-order valence-corrected chi connectivity index (χ2v) is 5.67. The van der Waals surface area contributed by atoms with Crippen molar-refractivity contribution in [1.29, 1.82) is 10.5 Å². The van der Waals surface area contributed by atoms with Crippen molar-refractivity contribution in [1.82, 2.24) is 9.97 Å². The van der Waals surface area contributed by atoms with Gasteiger partial charge in [-0.2, -0.15) is 10.5 Å². The van der Waals surface area contributed by atoms with E-state index in [2.05, 4.69) is 27.4 Å². The topological polar surface area (TPSA) is 124 Å². The van der Waals surface area contributed by atoms with Crippen LogP contribution >= 0.6 is 11.6 Å². The first kappa shape index (κ1) is 19.1. The number of nitrogens with one attached hydrogen (secondary N) is 1. The van der Waals surface area contributed by atoms with Crippen molar-refractivity contribution in [3.63, 3.8) is 0 Å². The molecule has 8 nitrogen and oxygen atoms in total. The number of hydrogen-bond donors (Lipinski definition) is 2. The van der Waals surface area contributed by atoms with Crippen LogP contribution in [-0.4, -0.2) is 30.2 Å². The van der Waals surface area contributed by atoms with Crippen molar-refractivity contribution < 1.29 is 4.74 Å². The van der Waals surface area contributed by atoms with E-state index in [-0.39, 0.29) is 0 Å². The van der Waals surface area contributed by atoms with E-state index < -0.39 is 0 Å². The fraction of sp³-hybridized carbons (Fsp3) is 0.294.